The van der Waals surface area contributed by atoms with E-state index in [9.17, 15) is 4.79 Å². The Labute approximate surface area is 107 Å². The molecule has 0 saturated carbocycles. The number of carbonyl (C=O) groups excluding carboxylic acids is 1. The van der Waals surface area contributed by atoms with Crippen LogP contribution in [0, 0.1) is 0 Å². The zero-order valence-corrected chi connectivity index (χ0v) is 10.5. The van der Waals surface area contributed by atoms with Gasteiger partial charge in [-0.25, -0.2) is 9.97 Å². The van der Waals surface area contributed by atoms with Crippen molar-refractivity contribution in [1.29, 1.82) is 0 Å². The fourth-order valence-corrected chi connectivity index (χ4v) is 1.95. The maximum atomic E-state index is 11.0. The third-order valence-corrected chi connectivity index (χ3v) is 2.66. The summed E-state index contributed by atoms with van der Waals surface area (Å²) in [5.41, 5.74) is 5.92. The Bertz CT molecular complexity index is 584. The van der Waals surface area contributed by atoms with Crippen molar-refractivity contribution in [3.8, 4) is 22.5 Å². The number of rotatable bonds is 3. The summed E-state index contributed by atoms with van der Waals surface area (Å²) in [5, 5.41) is 0.543. The summed E-state index contributed by atoms with van der Waals surface area (Å²) in [7, 11) is 1.49. The van der Waals surface area contributed by atoms with Crippen LogP contribution in [0.25, 0.3) is 11.5 Å². The first-order valence-corrected chi connectivity index (χ1v) is 5.74. The lowest BCUT2D eigenvalue weighted by Gasteiger charge is -2.02. The third-order valence-electron chi connectivity index (χ3n) is 1.90. The van der Waals surface area contributed by atoms with Crippen LogP contribution in [0.4, 0.5) is 5.13 Å². The van der Waals surface area contributed by atoms with Crippen molar-refractivity contribution in [1.82, 2.24) is 15.0 Å². The number of esters is 1. The second-order valence-electron chi connectivity index (χ2n) is 3.20. The van der Waals surface area contributed by atoms with E-state index in [0.29, 0.717) is 17.4 Å². The molecule has 0 aliphatic rings. The minimum absolute atomic E-state index is 0.271. The number of nitrogens with two attached hydrogens (primary N) is 1. The molecule has 18 heavy (non-hydrogen) atoms. The van der Waals surface area contributed by atoms with Crippen LogP contribution in [0.1, 0.15) is 6.92 Å². The van der Waals surface area contributed by atoms with E-state index in [-0.39, 0.29) is 10.2 Å². The number of hydrogen-bond donors (Lipinski definition) is 1. The van der Waals surface area contributed by atoms with E-state index in [0.717, 1.165) is 11.3 Å². The third kappa shape index (κ3) is 2.54. The van der Waals surface area contributed by atoms with Crippen molar-refractivity contribution in [2.75, 3.05) is 12.8 Å². The molecule has 2 N–H and O–H groups in total. The number of hydrogen-bond acceptors (Lipinski definition) is 8. The summed E-state index contributed by atoms with van der Waals surface area (Å²) in [4.78, 5) is 23.2. The lowest BCUT2D eigenvalue weighted by atomic mass is 10.4. The number of nitrogen functional groups attached to an aromatic ring is 1. The minimum atomic E-state index is -0.456. The summed E-state index contributed by atoms with van der Waals surface area (Å²) in [6.07, 6.45) is 1.52. The first-order valence-electron chi connectivity index (χ1n) is 4.92. The molecule has 0 amide bonds. The zero-order chi connectivity index (χ0) is 13.1. The van der Waals surface area contributed by atoms with E-state index in [1.165, 1.54) is 20.2 Å². The Morgan fingerprint density at radius 2 is 2.22 bits per heavy atom. The molecule has 2 aromatic rings. The molecule has 0 atom stereocenters. The van der Waals surface area contributed by atoms with Gasteiger partial charge < -0.3 is 15.2 Å². The van der Waals surface area contributed by atoms with Crippen molar-refractivity contribution >= 4 is 22.4 Å². The molecule has 0 aromatic carbocycles. The van der Waals surface area contributed by atoms with E-state index in [4.69, 9.17) is 15.2 Å². The highest BCUT2D eigenvalue weighted by Crippen LogP contribution is 2.35. The van der Waals surface area contributed by atoms with Gasteiger partial charge in [-0.1, -0.05) is 11.3 Å². The van der Waals surface area contributed by atoms with Gasteiger partial charge in [0.15, 0.2) is 16.6 Å². The van der Waals surface area contributed by atoms with E-state index in [1.807, 2.05) is 0 Å². The Morgan fingerprint density at radius 1 is 1.44 bits per heavy atom. The lowest BCUT2D eigenvalue weighted by molar-refractivity contribution is -0.131. The van der Waals surface area contributed by atoms with Crippen LogP contribution in [0.15, 0.2) is 12.3 Å². The zero-order valence-electron chi connectivity index (χ0n) is 9.71. The van der Waals surface area contributed by atoms with Gasteiger partial charge >= 0.3 is 5.97 Å². The molecule has 0 spiro atoms. The second kappa shape index (κ2) is 4.96. The second-order valence-corrected chi connectivity index (χ2v) is 4.20. The number of nitrogens with zero attached hydrogens (tertiary/aromatic N) is 3. The van der Waals surface area contributed by atoms with Crippen molar-refractivity contribution < 1.29 is 14.3 Å². The van der Waals surface area contributed by atoms with Gasteiger partial charge in [-0.2, -0.15) is 4.98 Å². The Kier molecular flexibility index (Phi) is 3.38. The molecule has 0 unspecified atom stereocenters. The average molecular weight is 266 g/mol. The Balaban J connectivity index is 2.45. The molecule has 94 valence electrons. The van der Waals surface area contributed by atoms with Crippen LogP contribution in [0.5, 0.6) is 10.9 Å². The summed E-state index contributed by atoms with van der Waals surface area (Å²) in [6.45, 7) is 1.30. The van der Waals surface area contributed by atoms with Crippen LogP contribution in [-0.4, -0.2) is 28.0 Å². The number of thiazole rings is 1. The highest BCUT2D eigenvalue weighted by molar-refractivity contribution is 7.17. The van der Waals surface area contributed by atoms with Crippen LogP contribution in [0.3, 0.4) is 0 Å². The molecule has 0 saturated heterocycles. The number of methoxy groups -OCH3 is 1. The van der Waals surface area contributed by atoms with Gasteiger partial charge in [-0.3, -0.25) is 4.79 Å². The maximum absolute atomic E-state index is 11.0. The smallest absolute Gasteiger partial charge is 0.308 e. The molecule has 2 aromatic heterocycles. The highest BCUT2D eigenvalue weighted by Gasteiger charge is 2.17. The Hall–Kier alpha value is -2.22. The predicted octanol–water partition coefficient (Wildman–Crippen LogP) is 1.12. The Morgan fingerprint density at radius 3 is 2.89 bits per heavy atom. The summed E-state index contributed by atoms with van der Waals surface area (Å²) >= 11 is 1.05. The number of ether oxygens (including phenoxy) is 2. The first-order chi connectivity index (χ1) is 8.60. The molecule has 0 radical (unpaired) electrons. The average Bonchev–Trinajstić information content (AvgIpc) is 2.69. The summed E-state index contributed by atoms with van der Waals surface area (Å²) in [5.74, 6) is 0.224. The minimum Gasteiger partial charge on any atom is -0.481 e. The quantitative estimate of drug-likeness (QED) is 0.830. The monoisotopic (exact) mass is 266 g/mol. The van der Waals surface area contributed by atoms with E-state index < -0.39 is 5.97 Å². The van der Waals surface area contributed by atoms with Gasteiger partial charge in [0.05, 0.1) is 7.11 Å². The first kappa shape index (κ1) is 12.2. The topological polar surface area (TPSA) is 100 Å². The molecular weight excluding hydrogens is 256 g/mol. The van der Waals surface area contributed by atoms with Gasteiger partial charge in [0, 0.05) is 19.2 Å². The number of carbonyl (C=O) groups is 1. The molecule has 7 nitrogen and oxygen atoms in total. The van der Waals surface area contributed by atoms with Crippen molar-refractivity contribution in [2.24, 2.45) is 0 Å². The number of aromatic nitrogens is 3. The fourth-order valence-electron chi connectivity index (χ4n) is 1.23. The standard InChI is InChI=1S/C10H10N4O3S/c1-5(15)17-9-7(14-10(11)18-9)8-12-4-3-6(13-8)16-2/h3-4H,1-2H3,(H2,11,14). The largest absolute Gasteiger partial charge is 0.481 e. The van der Waals surface area contributed by atoms with Gasteiger partial charge in [-0.05, 0) is 0 Å². The lowest BCUT2D eigenvalue weighted by Crippen LogP contribution is -2.02. The van der Waals surface area contributed by atoms with E-state index in [1.54, 1.807) is 6.07 Å². The molecule has 8 heteroatoms. The molecule has 0 aliphatic heterocycles. The van der Waals surface area contributed by atoms with Crippen LogP contribution in [-0.2, 0) is 4.79 Å². The highest BCUT2D eigenvalue weighted by atomic mass is 32.1. The van der Waals surface area contributed by atoms with Crippen molar-refractivity contribution in [3.63, 3.8) is 0 Å². The van der Waals surface area contributed by atoms with Crippen LogP contribution in [0.2, 0.25) is 0 Å². The van der Waals surface area contributed by atoms with E-state index in [2.05, 4.69) is 15.0 Å². The summed E-state index contributed by atoms with van der Waals surface area (Å²) < 4.78 is 10.00. The number of anilines is 1. The van der Waals surface area contributed by atoms with Crippen LogP contribution >= 0.6 is 11.3 Å². The molecule has 0 bridgehead atoms. The van der Waals surface area contributed by atoms with Crippen LogP contribution < -0.4 is 15.2 Å². The molecular formula is C10H10N4O3S. The van der Waals surface area contributed by atoms with Crippen molar-refractivity contribution in [2.45, 2.75) is 6.92 Å². The molecule has 0 aliphatic carbocycles. The molecule has 0 fully saturated rings. The van der Waals surface area contributed by atoms with Gasteiger partial charge in [0.1, 0.15) is 0 Å². The van der Waals surface area contributed by atoms with Crippen molar-refractivity contribution in [3.05, 3.63) is 12.3 Å². The predicted molar refractivity (Wildman–Crippen MR) is 65.4 cm³/mol. The SMILES string of the molecule is COc1ccnc(-c2nc(N)sc2OC(C)=O)n1. The van der Waals surface area contributed by atoms with Gasteiger partial charge in [0.25, 0.3) is 0 Å². The summed E-state index contributed by atoms with van der Waals surface area (Å²) in [6, 6.07) is 1.60. The maximum Gasteiger partial charge on any atom is 0.308 e. The molecule has 2 heterocycles. The van der Waals surface area contributed by atoms with Gasteiger partial charge in [0.2, 0.25) is 10.9 Å². The van der Waals surface area contributed by atoms with Gasteiger partial charge in [-0.15, -0.1) is 0 Å². The van der Waals surface area contributed by atoms with E-state index >= 15 is 0 Å². The normalized spacial score (nSPS) is 10.1. The fraction of sp³-hybridized carbons (Fsp3) is 0.200. The molecule has 2 rings (SSSR count).